The normalized spacial score (nSPS) is 21.2. The maximum absolute atomic E-state index is 5.75. The van der Waals surface area contributed by atoms with Crippen molar-refractivity contribution in [2.24, 2.45) is 0 Å². The van der Waals surface area contributed by atoms with E-state index in [-0.39, 0.29) is 0 Å². The molecule has 2 nitrogen and oxygen atoms in total. The van der Waals surface area contributed by atoms with Crippen molar-refractivity contribution in [2.75, 3.05) is 10.6 Å². The van der Waals surface area contributed by atoms with Crippen molar-refractivity contribution in [1.29, 1.82) is 0 Å². The number of hydrogen-bond acceptors (Lipinski definition) is 2. The van der Waals surface area contributed by atoms with Crippen LogP contribution < -0.4 is 10.6 Å². The van der Waals surface area contributed by atoms with Crippen LogP contribution in [0.15, 0.2) is 24.3 Å². The van der Waals surface area contributed by atoms with Gasteiger partial charge in [-0.05, 0) is 49.9 Å². The zero-order valence-corrected chi connectivity index (χ0v) is 9.73. The molecule has 2 saturated carbocycles. The number of nitrogens with two attached hydrogens (primary N) is 1. The van der Waals surface area contributed by atoms with Gasteiger partial charge >= 0.3 is 0 Å². The average Bonchev–Trinajstić information content (AvgIpc) is 2.97. The molecular formula is C14H20N2. The highest BCUT2D eigenvalue weighted by atomic mass is 15.2. The first-order valence-corrected chi connectivity index (χ1v) is 6.48. The van der Waals surface area contributed by atoms with Gasteiger partial charge < -0.3 is 10.6 Å². The van der Waals surface area contributed by atoms with Gasteiger partial charge in [0.1, 0.15) is 0 Å². The smallest absolute Gasteiger partial charge is 0.0372 e. The zero-order chi connectivity index (χ0) is 11.0. The second-order valence-electron chi connectivity index (χ2n) is 5.17. The minimum atomic E-state index is 0.788. The third kappa shape index (κ3) is 1.89. The first-order valence-electron chi connectivity index (χ1n) is 6.48. The van der Waals surface area contributed by atoms with Crippen molar-refractivity contribution in [1.82, 2.24) is 0 Å². The minimum absolute atomic E-state index is 0.788. The number of benzene rings is 1. The summed E-state index contributed by atoms with van der Waals surface area (Å²) in [7, 11) is 0. The van der Waals surface area contributed by atoms with Crippen LogP contribution >= 0.6 is 0 Å². The van der Waals surface area contributed by atoms with Crippen LogP contribution in [0.3, 0.4) is 0 Å². The van der Waals surface area contributed by atoms with E-state index in [0.29, 0.717) is 0 Å². The van der Waals surface area contributed by atoms with Crippen LogP contribution in [0.25, 0.3) is 0 Å². The Morgan fingerprint density at radius 3 is 2.00 bits per heavy atom. The summed E-state index contributed by atoms with van der Waals surface area (Å²) in [5, 5.41) is 0. The number of hydrogen-bond donors (Lipinski definition) is 1. The lowest BCUT2D eigenvalue weighted by Gasteiger charge is -2.31. The molecule has 2 aliphatic carbocycles. The van der Waals surface area contributed by atoms with Crippen LogP contribution in [-0.4, -0.2) is 12.1 Å². The van der Waals surface area contributed by atoms with Gasteiger partial charge in [0.2, 0.25) is 0 Å². The standard InChI is InChI=1S/C14H20N2/c15-11-5-7-13(8-6-11)16(14-9-10-14)12-3-1-2-4-12/h5-8,12,14H,1-4,9-10,15H2. The lowest BCUT2D eigenvalue weighted by Crippen LogP contribution is -2.35. The molecule has 0 aliphatic heterocycles. The monoisotopic (exact) mass is 216 g/mol. The summed E-state index contributed by atoms with van der Waals surface area (Å²) in [6.07, 6.45) is 8.31. The summed E-state index contributed by atoms with van der Waals surface area (Å²) in [5.41, 5.74) is 8.00. The molecule has 0 radical (unpaired) electrons. The SMILES string of the molecule is Nc1ccc(N(C2CCCC2)C2CC2)cc1. The van der Waals surface area contributed by atoms with Crippen LogP contribution in [0, 0.1) is 0 Å². The summed E-state index contributed by atoms with van der Waals surface area (Å²) in [6, 6.07) is 10.0. The van der Waals surface area contributed by atoms with Gasteiger partial charge in [0.05, 0.1) is 0 Å². The molecule has 3 rings (SSSR count). The van der Waals surface area contributed by atoms with Gasteiger partial charge in [-0.1, -0.05) is 12.8 Å². The molecule has 86 valence electrons. The number of rotatable bonds is 3. The van der Waals surface area contributed by atoms with Crippen LogP contribution in [0.4, 0.5) is 11.4 Å². The van der Waals surface area contributed by atoms with E-state index >= 15 is 0 Å². The predicted octanol–water partition coefficient (Wildman–Crippen LogP) is 3.18. The Labute approximate surface area is 97.4 Å². The van der Waals surface area contributed by atoms with E-state index in [1.165, 1.54) is 44.2 Å². The summed E-state index contributed by atoms with van der Waals surface area (Å²) in [4.78, 5) is 2.66. The molecule has 0 heterocycles. The number of nitrogens with zero attached hydrogens (tertiary/aromatic N) is 1. The molecule has 2 aliphatic rings. The Morgan fingerprint density at radius 1 is 0.875 bits per heavy atom. The first kappa shape index (κ1) is 10.0. The third-order valence-electron chi connectivity index (χ3n) is 3.85. The van der Waals surface area contributed by atoms with Crippen LogP contribution in [0.1, 0.15) is 38.5 Å². The van der Waals surface area contributed by atoms with Crippen molar-refractivity contribution in [2.45, 2.75) is 50.6 Å². The molecule has 0 amide bonds. The van der Waals surface area contributed by atoms with Crippen molar-refractivity contribution >= 4 is 11.4 Å². The van der Waals surface area contributed by atoms with E-state index in [1.807, 2.05) is 12.1 Å². The van der Waals surface area contributed by atoms with Gasteiger partial charge in [-0.2, -0.15) is 0 Å². The summed E-state index contributed by atoms with van der Waals surface area (Å²) >= 11 is 0. The average molecular weight is 216 g/mol. The molecule has 0 atom stereocenters. The zero-order valence-electron chi connectivity index (χ0n) is 9.73. The predicted molar refractivity (Wildman–Crippen MR) is 68.6 cm³/mol. The number of nitrogen functional groups attached to an aromatic ring is 1. The fourth-order valence-corrected chi connectivity index (χ4v) is 2.90. The van der Waals surface area contributed by atoms with Crippen molar-refractivity contribution in [3.63, 3.8) is 0 Å². The van der Waals surface area contributed by atoms with Gasteiger partial charge in [0.15, 0.2) is 0 Å². The maximum Gasteiger partial charge on any atom is 0.0372 e. The van der Waals surface area contributed by atoms with E-state index in [0.717, 1.165) is 17.8 Å². The maximum atomic E-state index is 5.75. The fraction of sp³-hybridized carbons (Fsp3) is 0.571. The Hall–Kier alpha value is -1.18. The van der Waals surface area contributed by atoms with Crippen molar-refractivity contribution < 1.29 is 0 Å². The first-order chi connectivity index (χ1) is 7.84. The highest BCUT2D eigenvalue weighted by Crippen LogP contribution is 2.38. The fourth-order valence-electron chi connectivity index (χ4n) is 2.90. The lowest BCUT2D eigenvalue weighted by molar-refractivity contribution is 0.602. The highest BCUT2D eigenvalue weighted by molar-refractivity contribution is 5.55. The molecule has 0 bridgehead atoms. The Kier molecular flexibility index (Phi) is 2.50. The van der Waals surface area contributed by atoms with E-state index in [4.69, 9.17) is 5.73 Å². The van der Waals surface area contributed by atoms with Crippen molar-refractivity contribution in [3.8, 4) is 0 Å². The highest BCUT2D eigenvalue weighted by Gasteiger charge is 2.35. The molecule has 0 saturated heterocycles. The quantitative estimate of drug-likeness (QED) is 0.786. The van der Waals surface area contributed by atoms with E-state index < -0.39 is 0 Å². The number of anilines is 2. The Morgan fingerprint density at radius 2 is 1.44 bits per heavy atom. The molecule has 2 N–H and O–H groups in total. The third-order valence-corrected chi connectivity index (χ3v) is 3.85. The molecule has 16 heavy (non-hydrogen) atoms. The molecule has 1 aromatic rings. The van der Waals surface area contributed by atoms with Gasteiger partial charge in [-0.25, -0.2) is 0 Å². The van der Waals surface area contributed by atoms with Crippen molar-refractivity contribution in [3.05, 3.63) is 24.3 Å². The van der Waals surface area contributed by atoms with Gasteiger partial charge in [-0.3, -0.25) is 0 Å². The minimum Gasteiger partial charge on any atom is -0.399 e. The van der Waals surface area contributed by atoms with Crippen LogP contribution in [0.5, 0.6) is 0 Å². The molecule has 2 heteroatoms. The molecule has 0 spiro atoms. The molecule has 1 aromatic carbocycles. The summed E-state index contributed by atoms with van der Waals surface area (Å²) in [6.45, 7) is 0. The molecule has 0 unspecified atom stereocenters. The topological polar surface area (TPSA) is 29.3 Å². The summed E-state index contributed by atoms with van der Waals surface area (Å²) in [5.74, 6) is 0. The van der Waals surface area contributed by atoms with Crippen LogP contribution in [0.2, 0.25) is 0 Å². The summed E-state index contributed by atoms with van der Waals surface area (Å²) < 4.78 is 0. The second-order valence-corrected chi connectivity index (χ2v) is 5.17. The van der Waals surface area contributed by atoms with E-state index in [9.17, 15) is 0 Å². The lowest BCUT2D eigenvalue weighted by atomic mass is 10.1. The second kappa shape index (κ2) is 4.00. The molecule has 2 fully saturated rings. The largest absolute Gasteiger partial charge is 0.399 e. The van der Waals surface area contributed by atoms with Gasteiger partial charge in [0, 0.05) is 23.5 Å². The van der Waals surface area contributed by atoms with Gasteiger partial charge in [0.25, 0.3) is 0 Å². The van der Waals surface area contributed by atoms with E-state index in [2.05, 4.69) is 17.0 Å². The van der Waals surface area contributed by atoms with Gasteiger partial charge in [-0.15, -0.1) is 0 Å². The van der Waals surface area contributed by atoms with Crippen LogP contribution in [-0.2, 0) is 0 Å². The Bertz CT molecular complexity index is 348. The molecule has 0 aromatic heterocycles. The molecular weight excluding hydrogens is 196 g/mol. The Balaban J connectivity index is 1.84. The van der Waals surface area contributed by atoms with E-state index in [1.54, 1.807) is 0 Å².